The molecule has 0 aliphatic heterocycles. The van der Waals surface area contributed by atoms with Crippen LogP contribution in [0.4, 0.5) is 0 Å². The van der Waals surface area contributed by atoms with Crippen molar-refractivity contribution in [2.45, 2.75) is 25.9 Å². The van der Waals surface area contributed by atoms with Gasteiger partial charge in [-0.15, -0.1) is 0 Å². The number of hydrogen-bond acceptors (Lipinski definition) is 4. The molecule has 0 radical (unpaired) electrons. The topological polar surface area (TPSA) is 75.4 Å². The van der Waals surface area contributed by atoms with E-state index in [4.69, 9.17) is 4.52 Å². The Hall–Kier alpha value is -2.14. The van der Waals surface area contributed by atoms with Crippen molar-refractivity contribution in [1.82, 2.24) is 10.5 Å². The molecule has 2 aromatic rings. The van der Waals surface area contributed by atoms with Gasteiger partial charge in [0.2, 0.25) is 5.76 Å². The number of nitrogens with zero attached hydrogens (tertiary/aromatic N) is 1. The van der Waals surface area contributed by atoms with Gasteiger partial charge < -0.3 is 14.9 Å². The average Bonchev–Trinajstić information content (AvgIpc) is 2.96. The highest BCUT2D eigenvalue weighted by atomic mass is 16.5. The first-order valence-electron chi connectivity index (χ1n) is 6.54. The van der Waals surface area contributed by atoms with Gasteiger partial charge in [0.15, 0.2) is 0 Å². The minimum atomic E-state index is -0.919. The second kappa shape index (κ2) is 5.88. The molecule has 1 unspecified atom stereocenters. The normalized spacial score (nSPS) is 13.8. The average molecular weight is 274 g/mol. The molecule has 1 amide bonds. The van der Waals surface area contributed by atoms with Crippen LogP contribution in [0.1, 0.15) is 30.8 Å². The van der Waals surface area contributed by atoms with Crippen molar-refractivity contribution in [1.29, 1.82) is 0 Å². The fourth-order valence-electron chi connectivity index (χ4n) is 1.61. The molecule has 106 valence electrons. The Labute approximate surface area is 117 Å². The molecular formula is C15H18N2O3. The second-order valence-electron chi connectivity index (χ2n) is 4.98. The van der Waals surface area contributed by atoms with E-state index in [1.165, 1.54) is 0 Å². The van der Waals surface area contributed by atoms with E-state index in [9.17, 15) is 9.90 Å². The lowest BCUT2D eigenvalue weighted by atomic mass is 10.0. The number of aliphatic hydroxyl groups is 1. The van der Waals surface area contributed by atoms with Crippen molar-refractivity contribution >= 4 is 5.91 Å². The summed E-state index contributed by atoms with van der Waals surface area (Å²) in [7, 11) is 0. The Morgan fingerprint density at radius 2 is 2.10 bits per heavy atom. The van der Waals surface area contributed by atoms with Gasteiger partial charge in [0, 0.05) is 18.2 Å². The first-order chi connectivity index (χ1) is 9.52. The van der Waals surface area contributed by atoms with E-state index in [0.717, 1.165) is 5.56 Å². The van der Waals surface area contributed by atoms with Crippen molar-refractivity contribution in [2.75, 3.05) is 6.54 Å². The molecule has 1 heterocycles. The lowest BCUT2D eigenvalue weighted by molar-refractivity contribution is 0.0509. The molecule has 1 atom stereocenters. The van der Waals surface area contributed by atoms with Gasteiger partial charge in [0.25, 0.3) is 5.91 Å². The van der Waals surface area contributed by atoms with E-state index in [1.807, 2.05) is 37.3 Å². The maximum absolute atomic E-state index is 11.9. The third kappa shape index (κ3) is 3.45. The number of rotatable bonds is 5. The first-order valence-corrected chi connectivity index (χ1v) is 6.54. The summed E-state index contributed by atoms with van der Waals surface area (Å²) in [6.07, 6.45) is 0.555. The number of amides is 1. The molecule has 0 bridgehead atoms. The molecule has 5 nitrogen and oxygen atoms in total. The summed E-state index contributed by atoms with van der Waals surface area (Å²) in [5, 5.41) is 16.3. The zero-order valence-electron chi connectivity index (χ0n) is 11.6. The van der Waals surface area contributed by atoms with E-state index in [0.29, 0.717) is 12.1 Å². The monoisotopic (exact) mass is 274 g/mol. The van der Waals surface area contributed by atoms with E-state index in [1.54, 1.807) is 13.0 Å². The number of carbonyl (C=O) groups excluding carboxylic acids is 1. The molecule has 1 aromatic carbocycles. The van der Waals surface area contributed by atoms with Crippen molar-refractivity contribution in [3.05, 3.63) is 42.2 Å². The number of nitrogens with one attached hydrogen (secondary N) is 1. The van der Waals surface area contributed by atoms with Gasteiger partial charge in [0.1, 0.15) is 5.69 Å². The van der Waals surface area contributed by atoms with Crippen LogP contribution in [0, 0.1) is 0 Å². The van der Waals surface area contributed by atoms with E-state index in [-0.39, 0.29) is 18.2 Å². The molecule has 0 saturated heterocycles. The minimum absolute atomic E-state index is 0.135. The first kappa shape index (κ1) is 14.3. The fraction of sp³-hybridized carbons (Fsp3) is 0.333. The lowest BCUT2D eigenvalue weighted by Gasteiger charge is -2.20. The molecule has 0 aliphatic rings. The van der Waals surface area contributed by atoms with Gasteiger partial charge in [-0.1, -0.05) is 42.4 Å². The fourth-order valence-corrected chi connectivity index (χ4v) is 1.61. The Kier molecular flexibility index (Phi) is 4.20. The number of hydrogen-bond donors (Lipinski definition) is 2. The van der Waals surface area contributed by atoms with Gasteiger partial charge in [-0.3, -0.25) is 4.79 Å². The highest BCUT2D eigenvalue weighted by molar-refractivity contribution is 5.92. The van der Waals surface area contributed by atoms with Crippen LogP contribution < -0.4 is 5.32 Å². The number of carbonyl (C=O) groups is 1. The van der Waals surface area contributed by atoms with Crippen LogP contribution >= 0.6 is 0 Å². The Morgan fingerprint density at radius 1 is 1.40 bits per heavy atom. The predicted molar refractivity (Wildman–Crippen MR) is 75.2 cm³/mol. The molecule has 1 aromatic heterocycles. The quantitative estimate of drug-likeness (QED) is 0.876. The molecule has 5 heteroatoms. The molecule has 0 fully saturated rings. The molecule has 0 spiro atoms. The van der Waals surface area contributed by atoms with Crippen LogP contribution in [0.3, 0.4) is 0 Å². The molecule has 2 rings (SSSR count). The largest absolute Gasteiger partial charge is 0.388 e. The van der Waals surface area contributed by atoms with Gasteiger partial charge in [-0.25, -0.2) is 0 Å². The number of aromatic nitrogens is 1. The third-order valence-corrected chi connectivity index (χ3v) is 3.19. The molecule has 0 saturated carbocycles. The van der Waals surface area contributed by atoms with Crippen LogP contribution in [0.2, 0.25) is 0 Å². The van der Waals surface area contributed by atoms with Gasteiger partial charge in [-0.2, -0.15) is 0 Å². The zero-order valence-corrected chi connectivity index (χ0v) is 11.6. The van der Waals surface area contributed by atoms with Crippen LogP contribution in [0.25, 0.3) is 11.3 Å². The molecular weight excluding hydrogens is 256 g/mol. The van der Waals surface area contributed by atoms with Gasteiger partial charge in [-0.05, 0) is 13.3 Å². The van der Waals surface area contributed by atoms with Crippen molar-refractivity contribution < 1.29 is 14.4 Å². The van der Waals surface area contributed by atoms with Crippen LogP contribution in [-0.4, -0.2) is 28.3 Å². The Bertz CT molecular complexity index is 576. The Morgan fingerprint density at radius 3 is 2.75 bits per heavy atom. The molecule has 20 heavy (non-hydrogen) atoms. The summed E-state index contributed by atoms with van der Waals surface area (Å²) in [6, 6.07) is 11.1. The SMILES string of the molecule is CCC(C)(O)CNC(=O)c1cc(-c2ccccc2)no1. The maximum atomic E-state index is 11.9. The summed E-state index contributed by atoms with van der Waals surface area (Å²) < 4.78 is 5.04. The predicted octanol–water partition coefficient (Wildman–Crippen LogP) is 2.23. The highest BCUT2D eigenvalue weighted by Crippen LogP contribution is 2.18. The van der Waals surface area contributed by atoms with E-state index < -0.39 is 5.60 Å². The summed E-state index contributed by atoms with van der Waals surface area (Å²) in [4.78, 5) is 11.9. The van der Waals surface area contributed by atoms with Crippen LogP contribution in [0.15, 0.2) is 40.9 Å². The van der Waals surface area contributed by atoms with E-state index >= 15 is 0 Å². The second-order valence-corrected chi connectivity index (χ2v) is 4.98. The van der Waals surface area contributed by atoms with Crippen LogP contribution in [0.5, 0.6) is 0 Å². The molecule has 2 N–H and O–H groups in total. The third-order valence-electron chi connectivity index (χ3n) is 3.19. The van der Waals surface area contributed by atoms with Crippen molar-refractivity contribution in [3.8, 4) is 11.3 Å². The van der Waals surface area contributed by atoms with Gasteiger partial charge >= 0.3 is 0 Å². The standard InChI is InChI=1S/C15H18N2O3/c1-3-15(2,19)10-16-14(18)13-9-12(17-20-13)11-7-5-4-6-8-11/h4-9,19H,3,10H2,1-2H3,(H,16,18). The van der Waals surface area contributed by atoms with Crippen LogP contribution in [-0.2, 0) is 0 Å². The summed E-state index contributed by atoms with van der Waals surface area (Å²) in [5.41, 5.74) is 0.576. The maximum Gasteiger partial charge on any atom is 0.290 e. The summed E-state index contributed by atoms with van der Waals surface area (Å²) in [6.45, 7) is 3.70. The smallest absolute Gasteiger partial charge is 0.290 e. The lowest BCUT2D eigenvalue weighted by Crippen LogP contribution is -2.39. The Balaban J connectivity index is 2.04. The molecule has 0 aliphatic carbocycles. The van der Waals surface area contributed by atoms with E-state index in [2.05, 4.69) is 10.5 Å². The summed E-state index contributed by atoms with van der Waals surface area (Å²) >= 11 is 0. The zero-order chi connectivity index (χ0) is 14.6. The minimum Gasteiger partial charge on any atom is -0.388 e. The van der Waals surface area contributed by atoms with Crippen molar-refractivity contribution in [2.24, 2.45) is 0 Å². The summed E-state index contributed by atoms with van der Waals surface area (Å²) in [5.74, 6) is -0.246. The number of benzene rings is 1. The highest BCUT2D eigenvalue weighted by Gasteiger charge is 2.20. The van der Waals surface area contributed by atoms with Crippen molar-refractivity contribution in [3.63, 3.8) is 0 Å². The van der Waals surface area contributed by atoms with Gasteiger partial charge in [0.05, 0.1) is 5.60 Å².